The quantitative estimate of drug-likeness (QED) is 0.592. The van der Waals surface area contributed by atoms with Crippen LogP contribution in [0.25, 0.3) is 0 Å². The second kappa shape index (κ2) is 3.07. The van der Waals surface area contributed by atoms with Crippen molar-refractivity contribution in [1.29, 1.82) is 0 Å². The average Bonchev–Trinajstić information content (AvgIpc) is 2.36. The van der Waals surface area contributed by atoms with Gasteiger partial charge in [0.2, 0.25) is 0 Å². The van der Waals surface area contributed by atoms with Crippen molar-refractivity contribution >= 4 is 5.69 Å². The fraction of sp³-hybridized carbons (Fsp3) is 0.400. The van der Waals surface area contributed by atoms with E-state index in [1.54, 1.807) is 0 Å². The van der Waals surface area contributed by atoms with Gasteiger partial charge in [-0.25, -0.2) is 0 Å². The monoisotopic (exact) mass is 140 g/mol. The Morgan fingerprint density at radius 2 is 2.60 bits per heavy atom. The summed E-state index contributed by atoms with van der Waals surface area (Å²) in [4.78, 5) is 10.0. The van der Waals surface area contributed by atoms with Gasteiger partial charge in [0.15, 0.2) is 0 Å². The van der Waals surface area contributed by atoms with Gasteiger partial charge < -0.3 is 5.73 Å². The molecule has 3 N–H and O–H groups in total. The van der Waals surface area contributed by atoms with Gasteiger partial charge in [0.1, 0.15) is 5.69 Å². The molecule has 0 spiro atoms. The second-order valence-electron chi connectivity index (χ2n) is 1.86. The van der Waals surface area contributed by atoms with Crippen molar-refractivity contribution in [2.24, 2.45) is 10.9 Å². The predicted octanol–water partition coefficient (Wildman–Crippen LogP) is 0.309. The highest BCUT2D eigenvalue weighted by atomic mass is 16.3. The van der Waals surface area contributed by atoms with Crippen LogP contribution < -0.4 is 5.73 Å². The van der Waals surface area contributed by atoms with Gasteiger partial charge in [-0.2, -0.15) is 5.10 Å². The van der Waals surface area contributed by atoms with Gasteiger partial charge in [0.05, 0.1) is 11.9 Å². The van der Waals surface area contributed by atoms with E-state index in [-0.39, 0.29) is 0 Å². The zero-order chi connectivity index (χ0) is 7.40. The summed E-state index contributed by atoms with van der Waals surface area (Å²) < 4.78 is 0. The van der Waals surface area contributed by atoms with E-state index in [0.717, 1.165) is 0 Å². The minimum absolute atomic E-state index is 0.352. The molecule has 1 aromatic heterocycles. The first-order valence-electron chi connectivity index (χ1n) is 2.94. The van der Waals surface area contributed by atoms with Crippen LogP contribution >= 0.6 is 0 Å². The molecule has 5 nitrogen and oxygen atoms in total. The Bertz CT molecular complexity index is 219. The third-order valence-corrected chi connectivity index (χ3v) is 1.19. The number of aromatic nitrogens is 2. The van der Waals surface area contributed by atoms with Crippen molar-refractivity contribution in [3.8, 4) is 0 Å². The molecule has 0 aliphatic carbocycles. The van der Waals surface area contributed by atoms with Gasteiger partial charge in [0, 0.05) is 6.42 Å². The van der Waals surface area contributed by atoms with Gasteiger partial charge in [-0.15, -0.1) is 4.91 Å². The first-order chi connectivity index (χ1) is 4.88. The molecule has 0 atom stereocenters. The topological polar surface area (TPSA) is 84.1 Å². The summed E-state index contributed by atoms with van der Waals surface area (Å²) in [6.45, 7) is 0.491. The Hall–Kier alpha value is -1.23. The fourth-order valence-corrected chi connectivity index (χ4v) is 0.714. The van der Waals surface area contributed by atoms with Gasteiger partial charge in [0.25, 0.3) is 0 Å². The summed E-state index contributed by atoms with van der Waals surface area (Å²) in [5.41, 5.74) is 6.31. The maximum atomic E-state index is 10.0. The number of H-pyrrole nitrogens is 1. The molecule has 0 saturated heterocycles. The van der Waals surface area contributed by atoms with Crippen LogP contribution in [0.15, 0.2) is 11.4 Å². The lowest BCUT2D eigenvalue weighted by atomic mass is 10.3. The lowest BCUT2D eigenvalue weighted by molar-refractivity contribution is 0.901. The van der Waals surface area contributed by atoms with Crippen LogP contribution in [-0.4, -0.2) is 16.7 Å². The highest BCUT2D eigenvalue weighted by Crippen LogP contribution is 2.14. The molecule has 1 aromatic rings. The van der Waals surface area contributed by atoms with Crippen LogP contribution in [0.1, 0.15) is 5.69 Å². The van der Waals surface area contributed by atoms with Crippen LogP contribution in [0, 0.1) is 4.91 Å². The van der Waals surface area contributed by atoms with E-state index in [1.165, 1.54) is 6.20 Å². The summed E-state index contributed by atoms with van der Waals surface area (Å²) in [7, 11) is 0. The molecule has 0 fully saturated rings. The highest BCUT2D eigenvalue weighted by molar-refractivity contribution is 5.38. The standard InChI is InChI=1S/C5H8N4O/c6-2-1-4-5(9-10)3-7-8-4/h3H,1-2,6H2,(H,7,8). The van der Waals surface area contributed by atoms with Gasteiger partial charge in [-0.05, 0) is 11.7 Å². The summed E-state index contributed by atoms with van der Waals surface area (Å²) in [5, 5.41) is 9.02. The van der Waals surface area contributed by atoms with Crippen molar-refractivity contribution in [2.45, 2.75) is 6.42 Å². The number of rotatable bonds is 3. The maximum absolute atomic E-state index is 10.0. The molecule has 54 valence electrons. The Kier molecular flexibility index (Phi) is 2.11. The molecule has 0 aliphatic rings. The normalized spacial score (nSPS) is 9.70. The minimum Gasteiger partial charge on any atom is -0.330 e. The van der Waals surface area contributed by atoms with Crippen LogP contribution in [-0.2, 0) is 6.42 Å². The zero-order valence-electron chi connectivity index (χ0n) is 5.37. The summed E-state index contributed by atoms with van der Waals surface area (Å²) in [6.07, 6.45) is 2.00. The van der Waals surface area contributed by atoms with Gasteiger partial charge in [-0.1, -0.05) is 0 Å². The van der Waals surface area contributed by atoms with E-state index < -0.39 is 0 Å². The first-order valence-corrected chi connectivity index (χ1v) is 2.94. The zero-order valence-corrected chi connectivity index (χ0v) is 5.37. The number of hydrogen-bond donors (Lipinski definition) is 2. The van der Waals surface area contributed by atoms with Crippen molar-refractivity contribution < 1.29 is 0 Å². The SMILES string of the molecule is NCCc1[nH]ncc1N=O. The molecule has 0 bridgehead atoms. The molecule has 0 aromatic carbocycles. The van der Waals surface area contributed by atoms with Gasteiger partial charge in [-0.3, -0.25) is 5.10 Å². The molecule has 0 aliphatic heterocycles. The van der Waals surface area contributed by atoms with E-state index in [1.807, 2.05) is 0 Å². The van der Waals surface area contributed by atoms with E-state index in [4.69, 9.17) is 5.73 Å². The van der Waals surface area contributed by atoms with E-state index >= 15 is 0 Å². The van der Waals surface area contributed by atoms with Crippen LogP contribution in [0.4, 0.5) is 5.69 Å². The molecule has 0 unspecified atom stereocenters. The Morgan fingerprint density at radius 1 is 1.80 bits per heavy atom. The second-order valence-corrected chi connectivity index (χ2v) is 1.86. The average molecular weight is 140 g/mol. The smallest absolute Gasteiger partial charge is 0.148 e. The molecule has 0 radical (unpaired) electrons. The van der Waals surface area contributed by atoms with Crippen LogP contribution in [0.2, 0.25) is 0 Å². The predicted molar refractivity (Wildman–Crippen MR) is 36.8 cm³/mol. The molecule has 10 heavy (non-hydrogen) atoms. The number of nitrogens with one attached hydrogen (secondary N) is 1. The Morgan fingerprint density at radius 3 is 3.20 bits per heavy atom. The molecule has 0 amide bonds. The Labute approximate surface area is 57.6 Å². The third kappa shape index (κ3) is 1.19. The molecular weight excluding hydrogens is 132 g/mol. The molecule has 0 saturated carbocycles. The minimum atomic E-state index is 0.352. The number of nitrogens with two attached hydrogens (primary N) is 1. The fourth-order valence-electron chi connectivity index (χ4n) is 0.714. The number of nitroso groups, excluding NO2 is 1. The number of nitrogens with zero attached hydrogens (tertiary/aromatic N) is 2. The molecule has 1 heterocycles. The van der Waals surface area contributed by atoms with Crippen LogP contribution in [0.5, 0.6) is 0 Å². The van der Waals surface area contributed by atoms with Crippen molar-refractivity contribution in [3.63, 3.8) is 0 Å². The van der Waals surface area contributed by atoms with E-state index in [9.17, 15) is 4.91 Å². The van der Waals surface area contributed by atoms with Crippen molar-refractivity contribution in [2.75, 3.05) is 6.54 Å². The van der Waals surface area contributed by atoms with Crippen molar-refractivity contribution in [1.82, 2.24) is 10.2 Å². The summed E-state index contributed by atoms with van der Waals surface area (Å²) in [6, 6.07) is 0. The number of hydrogen-bond acceptors (Lipinski definition) is 4. The molecule has 5 heteroatoms. The van der Waals surface area contributed by atoms with Crippen LogP contribution in [0.3, 0.4) is 0 Å². The maximum Gasteiger partial charge on any atom is 0.148 e. The third-order valence-electron chi connectivity index (χ3n) is 1.19. The Balaban J connectivity index is 2.79. The largest absolute Gasteiger partial charge is 0.330 e. The first kappa shape index (κ1) is 6.88. The van der Waals surface area contributed by atoms with Gasteiger partial charge >= 0.3 is 0 Å². The molecule has 1 rings (SSSR count). The van der Waals surface area contributed by atoms with E-state index in [2.05, 4.69) is 15.4 Å². The van der Waals surface area contributed by atoms with E-state index in [0.29, 0.717) is 24.3 Å². The summed E-state index contributed by atoms with van der Waals surface area (Å²) in [5.74, 6) is 0. The highest BCUT2D eigenvalue weighted by Gasteiger charge is 2.02. The molecular formula is C5H8N4O. The lowest BCUT2D eigenvalue weighted by Gasteiger charge is -1.90. The lowest BCUT2D eigenvalue weighted by Crippen LogP contribution is -2.02. The van der Waals surface area contributed by atoms with Crippen molar-refractivity contribution in [3.05, 3.63) is 16.8 Å². The number of aromatic amines is 1. The summed E-state index contributed by atoms with van der Waals surface area (Å²) >= 11 is 0.